The van der Waals surface area contributed by atoms with Crippen LogP contribution < -0.4 is 20.5 Å². The number of anilines is 2. The van der Waals surface area contributed by atoms with Gasteiger partial charge in [0.25, 0.3) is 11.5 Å². The first kappa shape index (κ1) is 24.0. The number of amides is 1. The molecular formula is C26H27N5O4. The number of rotatable bonds is 6. The molecule has 9 heteroatoms. The lowest BCUT2D eigenvalue weighted by molar-refractivity contribution is -0.112. The highest BCUT2D eigenvalue weighted by molar-refractivity contribution is 6.10. The van der Waals surface area contributed by atoms with Crippen molar-refractivity contribution in [2.45, 2.75) is 33.0 Å². The monoisotopic (exact) mass is 473 g/mol. The number of hydrogen-bond donors (Lipinski definition) is 1. The van der Waals surface area contributed by atoms with Crippen LogP contribution in [0.3, 0.4) is 0 Å². The maximum Gasteiger partial charge on any atom is 0.267 e. The smallest absolute Gasteiger partial charge is 0.267 e. The van der Waals surface area contributed by atoms with E-state index in [0.717, 1.165) is 0 Å². The highest BCUT2D eigenvalue weighted by Crippen LogP contribution is 2.24. The van der Waals surface area contributed by atoms with Crippen LogP contribution in [0.5, 0.6) is 5.75 Å². The minimum atomic E-state index is -0.621. The van der Waals surface area contributed by atoms with Gasteiger partial charge in [-0.2, -0.15) is 5.26 Å². The summed E-state index contributed by atoms with van der Waals surface area (Å²) in [7, 11) is 0. The molecule has 0 aliphatic carbocycles. The summed E-state index contributed by atoms with van der Waals surface area (Å²) in [5, 5.41) is 12.5. The Morgan fingerprint density at radius 2 is 1.94 bits per heavy atom. The van der Waals surface area contributed by atoms with Crippen molar-refractivity contribution in [1.29, 1.82) is 5.26 Å². The van der Waals surface area contributed by atoms with E-state index in [4.69, 9.17) is 14.5 Å². The molecule has 0 spiro atoms. The minimum Gasteiger partial charge on any atom is -0.494 e. The summed E-state index contributed by atoms with van der Waals surface area (Å²) in [6, 6.07) is 14.0. The Labute approximate surface area is 203 Å². The molecule has 9 nitrogen and oxygen atoms in total. The average Bonchev–Trinajstić information content (AvgIpc) is 2.84. The van der Waals surface area contributed by atoms with E-state index in [0.29, 0.717) is 42.6 Å². The van der Waals surface area contributed by atoms with E-state index < -0.39 is 5.91 Å². The Morgan fingerprint density at radius 1 is 1.23 bits per heavy atom. The van der Waals surface area contributed by atoms with Gasteiger partial charge in [-0.15, -0.1) is 0 Å². The highest BCUT2D eigenvalue weighted by atomic mass is 16.5. The van der Waals surface area contributed by atoms with E-state index in [9.17, 15) is 14.9 Å². The molecule has 4 rings (SSSR count). The second-order valence-corrected chi connectivity index (χ2v) is 8.33. The highest BCUT2D eigenvalue weighted by Gasteiger charge is 2.27. The van der Waals surface area contributed by atoms with E-state index >= 15 is 0 Å². The molecule has 2 unspecified atom stereocenters. The van der Waals surface area contributed by atoms with Crippen LogP contribution in [0.4, 0.5) is 11.5 Å². The summed E-state index contributed by atoms with van der Waals surface area (Å²) >= 11 is 0. The molecule has 1 aromatic carbocycles. The van der Waals surface area contributed by atoms with Gasteiger partial charge in [0.1, 0.15) is 28.9 Å². The van der Waals surface area contributed by atoms with Crippen LogP contribution in [0.25, 0.3) is 11.7 Å². The number of ether oxygens (including phenoxy) is 2. The Kier molecular flexibility index (Phi) is 7.13. The lowest BCUT2D eigenvalue weighted by Crippen LogP contribution is -2.46. The van der Waals surface area contributed by atoms with Gasteiger partial charge in [0.15, 0.2) is 0 Å². The van der Waals surface area contributed by atoms with Crippen molar-refractivity contribution >= 4 is 29.1 Å². The predicted molar refractivity (Wildman–Crippen MR) is 134 cm³/mol. The first-order valence-electron chi connectivity index (χ1n) is 11.5. The first-order chi connectivity index (χ1) is 16.9. The summed E-state index contributed by atoms with van der Waals surface area (Å²) < 4.78 is 12.7. The van der Waals surface area contributed by atoms with E-state index in [-0.39, 0.29) is 28.9 Å². The zero-order chi connectivity index (χ0) is 24.9. The van der Waals surface area contributed by atoms with Gasteiger partial charge in [0.05, 0.1) is 24.4 Å². The standard InChI is InChI=1S/C26H27N5O4/c1-4-34-21-10-8-20(9-11-21)28-25(32)19(14-27)13-22-24(30-15-17(2)35-18(3)16-30)29-23-7-5-6-12-31(23)26(22)33/h5-13,17-18H,4,15-16H2,1-3H3,(H,28,32)/b19-13+. The molecule has 0 radical (unpaired) electrons. The summed E-state index contributed by atoms with van der Waals surface area (Å²) in [5.74, 6) is 0.476. The zero-order valence-corrected chi connectivity index (χ0v) is 19.9. The number of nitrogens with zero attached hydrogens (tertiary/aromatic N) is 4. The number of fused-ring (bicyclic) bond motifs is 1. The Balaban J connectivity index is 1.74. The molecule has 1 amide bonds. The molecule has 1 aliphatic rings. The average molecular weight is 474 g/mol. The lowest BCUT2D eigenvalue weighted by atomic mass is 10.1. The predicted octanol–water partition coefficient (Wildman–Crippen LogP) is 3.25. The van der Waals surface area contributed by atoms with Crippen molar-refractivity contribution in [3.05, 3.63) is 70.2 Å². The Bertz CT molecular complexity index is 1350. The van der Waals surface area contributed by atoms with Crippen LogP contribution >= 0.6 is 0 Å². The topological polar surface area (TPSA) is 109 Å². The van der Waals surface area contributed by atoms with E-state index in [2.05, 4.69) is 5.32 Å². The van der Waals surface area contributed by atoms with Crippen LogP contribution in [-0.4, -0.2) is 47.2 Å². The molecule has 1 N–H and O–H groups in total. The summed E-state index contributed by atoms with van der Waals surface area (Å²) in [6.07, 6.45) is 2.80. The van der Waals surface area contributed by atoms with Gasteiger partial charge in [-0.25, -0.2) is 4.98 Å². The summed E-state index contributed by atoms with van der Waals surface area (Å²) in [4.78, 5) is 33.1. The van der Waals surface area contributed by atoms with Crippen LogP contribution in [0.1, 0.15) is 26.3 Å². The van der Waals surface area contributed by atoms with Crippen molar-refractivity contribution in [2.75, 3.05) is 29.9 Å². The number of carbonyl (C=O) groups excluding carboxylic acids is 1. The fourth-order valence-electron chi connectivity index (χ4n) is 4.10. The van der Waals surface area contributed by atoms with E-state index in [1.807, 2.05) is 31.7 Å². The Morgan fingerprint density at radius 3 is 2.60 bits per heavy atom. The number of benzene rings is 1. The SMILES string of the molecule is CCOc1ccc(NC(=O)/C(C#N)=C/c2c(N3CC(C)OC(C)C3)nc3ccccn3c2=O)cc1. The number of pyridine rings is 1. The number of morpholine rings is 1. The van der Waals surface area contributed by atoms with Gasteiger partial charge in [0, 0.05) is 25.0 Å². The molecule has 1 aliphatic heterocycles. The fraction of sp³-hybridized carbons (Fsp3) is 0.308. The van der Waals surface area contributed by atoms with E-state index in [1.165, 1.54) is 10.5 Å². The minimum absolute atomic E-state index is 0.0648. The molecule has 3 aromatic rings. The van der Waals surface area contributed by atoms with Gasteiger partial charge in [-0.1, -0.05) is 6.07 Å². The number of nitrogens with one attached hydrogen (secondary N) is 1. The molecule has 2 atom stereocenters. The first-order valence-corrected chi connectivity index (χ1v) is 11.5. The molecule has 3 heterocycles. The van der Waals surface area contributed by atoms with Gasteiger partial charge < -0.3 is 19.7 Å². The molecule has 1 fully saturated rings. The maximum atomic E-state index is 13.5. The zero-order valence-electron chi connectivity index (χ0n) is 19.9. The number of hydrogen-bond acceptors (Lipinski definition) is 7. The summed E-state index contributed by atoms with van der Waals surface area (Å²) in [5.41, 5.74) is 0.592. The normalized spacial score (nSPS) is 18.2. The molecule has 0 saturated carbocycles. The molecule has 180 valence electrons. The summed E-state index contributed by atoms with van der Waals surface area (Å²) in [6.45, 7) is 7.39. The van der Waals surface area contributed by atoms with Crippen molar-refractivity contribution in [3.63, 3.8) is 0 Å². The fourth-order valence-corrected chi connectivity index (χ4v) is 4.10. The number of carbonyl (C=O) groups is 1. The third kappa shape index (κ3) is 5.34. The third-order valence-corrected chi connectivity index (χ3v) is 5.55. The second-order valence-electron chi connectivity index (χ2n) is 8.33. The van der Waals surface area contributed by atoms with Gasteiger partial charge in [-0.05, 0) is 63.2 Å². The van der Waals surface area contributed by atoms with Crippen LogP contribution in [-0.2, 0) is 9.53 Å². The van der Waals surface area contributed by atoms with Gasteiger partial charge in [-0.3, -0.25) is 14.0 Å². The number of nitriles is 1. The maximum absolute atomic E-state index is 13.5. The molecule has 0 bridgehead atoms. The van der Waals surface area contributed by atoms with Crippen LogP contribution in [0, 0.1) is 11.3 Å². The van der Waals surface area contributed by atoms with Gasteiger partial charge >= 0.3 is 0 Å². The largest absolute Gasteiger partial charge is 0.494 e. The van der Waals surface area contributed by atoms with Crippen LogP contribution in [0.15, 0.2) is 59.0 Å². The van der Waals surface area contributed by atoms with Crippen LogP contribution in [0.2, 0.25) is 0 Å². The molecule has 35 heavy (non-hydrogen) atoms. The second kappa shape index (κ2) is 10.4. The van der Waals surface area contributed by atoms with Gasteiger partial charge in [0.2, 0.25) is 0 Å². The van der Waals surface area contributed by atoms with E-state index in [1.54, 1.807) is 48.7 Å². The van der Waals surface area contributed by atoms with Crippen molar-refractivity contribution in [1.82, 2.24) is 9.38 Å². The lowest BCUT2D eigenvalue weighted by Gasteiger charge is -2.36. The van der Waals surface area contributed by atoms with Crippen molar-refractivity contribution < 1.29 is 14.3 Å². The van der Waals surface area contributed by atoms with Crippen molar-refractivity contribution in [3.8, 4) is 11.8 Å². The quantitative estimate of drug-likeness (QED) is 0.432. The molecule has 2 aromatic heterocycles. The third-order valence-electron chi connectivity index (χ3n) is 5.55. The number of aromatic nitrogens is 2. The molecule has 1 saturated heterocycles. The Hall–Kier alpha value is -4.16. The molecular weight excluding hydrogens is 446 g/mol. The van der Waals surface area contributed by atoms with Crippen molar-refractivity contribution in [2.24, 2.45) is 0 Å².